The van der Waals surface area contributed by atoms with E-state index in [4.69, 9.17) is 5.73 Å². The van der Waals surface area contributed by atoms with Gasteiger partial charge in [0.1, 0.15) is 15.7 Å². The van der Waals surface area contributed by atoms with Crippen LogP contribution < -0.4 is 10.5 Å². The number of nitrogens with two attached hydrogens (primary N) is 1. The predicted molar refractivity (Wildman–Crippen MR) is 82.1 cm³/mol. The van der Waals surface area contributed by atoms with Gasteiger partial charge in [0.2, 0.25) is 5.13 Å². The Morgan fingerprint density at radius 2 is 2.14 bits per heavy atom. The number of halogens is 2. The highest BCUT2D eigenvalue weighted by atomic mass is 79.9. The molecule has 0 amide bonds. The molecule has 0 aliphatic carbocycles. The Kier molecular flexibility index (Phi) is 4.91. The molecular weight excluding hydrogens is 383 g/mol. The summed E-state index contributed by atoms with van der Waals surface area (Å²) < 4.78 is 41.4. The van der Waals surface area contributed by atoms with Crippen LogP contribution in [-0.4, -0.2) is 18.6 Å². The zero-order valence-corrected chi connectivity index (χ0v) is 14.1. The number of hydrogen-bond acceptors (Lipinski definition) is 6. The van der Waals surface area contributed by atoms with Crippen LogP contribution in [-0.2, 0) is 23.0 Å². The van der Waals surface area contributed by atoms with Gasteiger partial charge in [-0.15, -0.1) is 10.2 Å². The van der Waals surface area contributed by atoms with Crippen molar-refractivity contribution in [1.82, 2.24) is 10.2 Å². The Labute approximate surface area is 133 Å². The molecule has 0 unspecified atom stereocenters. The molecule has 1 heterocycles. The fourth-order valence-electron chi connectivity index (χ4n) is 1.57. The first kappa shape index (κ1) is 16.3. The molecule has 0 spiro atoms. The number of rotatable bonds is 5. The molecule has 2 aromatic rings. The lowest BCUT2D eigenvalue weighted by molar-refractivity contribution is 0.560. The Balaban J connectivity index is 2.42. The van der Waals surface area contributed by atoms with Gasteiger partial charge in [-0.2, -0.15) is 0 Å². The smallest absolute Gasteiger partial charge is 0.266 e. The van der Waals surface area contributed by atoms with Gasteiger partial charge in [-0.3, -0.25) is 4.72 Å². The molecule has 10 heteroatoms. The fourth-order valence-corrected chi connectivity index (χ4v) is 4.28. The van der Waals surface area contributed by atoms with Gasteiger partial charge in [-0.25, -0.2) is 12.8 Å². The average Bonchev–Trinajstić information content (AvgIpc) is 2.87. The highest BCUT2D eigenvalue weighted by molar-refractivity contribution is 9.10. The molecule has 0 fully saturated rings. The van der Waals surface area contributed by atoms with E-state index in [2.05, 4.69) is 30.8 Å². The second kappa shape index (κ2) is 6.34. The van der Waals surface area contributed by atoms with E-state index in [1.54, 1.807) is 0 Å². The Bertz CT molecular complexity index is 764. The number of anilines is 1. The predicted octanol–water partition coefficient (Wildman–Crippen LogP) is 2.26. The minimum Gasteiger partial charge on any atom is -0.326 e. The molecule has 0 aliphatic rings. The maximum absolute atomic E-state index is 14.2. The minimum absolute atomic E-state index is 0.0977. The van der Waals surface area contributed by atoms with E-state index in [1.807, 2.05) is 6.92 Å². The first-order valence-electron chi connectivity index (χ1n) is 5.90. The average molecular weight is 395 g/mol. The summed E-state index contributed by atoms with van der Waals surface area (Å²) in [5, 5.41) is 8.30. The third-order valence-corrected chi connectivity index (χ3v) is 5.49. The van der Waals surface area contributed by atoms with Crippen molar-refractivity contribution in [3.05, 3.63) is 33.0 Å². The van der Waals surface area contributed by atoms with Crippen molar-refractivity contribution in [2.24, 2.45) is 5.73 Å². The second-order valence-electron chi connectivity index (χ2n) is 4.04. The minimum atomic E-state index is -4.10. The van der Waals surface area contributed by atoms with E-state index >= 15 is 0 Å². The monoisotopic (exact) mass is 394 g/mol. The highest BCUT2D eigenvalue weighted by Gasteiger charge is 2.23. The molecule has 1 aromatic carbocycles. The van der Waals surface area contributed by atoms with Crippen LogP contribution in [0.5, 0.6) is 0 Å². The fraction of sp³-hybridized carbons (Fsp3) is 0.273. The topological polar surface area (TPSA) is 98.0 Å². The molecule has 2 rings (SSSR count). The summed E-state index contributed by atoms with van der Waals surface area (Å²) in [5.74, 6) is -0.867. The molecule has 6 nitrogen and oxygen atoms in total. The SMILES string of the molecule is CCc1nnc(NS(=O)(=O)c2cc(Br)cc(CN)c2F)s1. The molecule has 0 saturated heterocycles. The number of hydrogen-bond donors (Lipinski definition) is 2. The number of aromatic nitrogens is 2. The number of benzene rings is 1. The van der Waals surface area contributed by atoms with Crippen molar-refractivity contribution in [2.75, 3.05) is 4.72 Å². The maximum atomic E-state index is 14.2. The number of sulfonamides is 1. The van der Waals surface area contributed by atoms with Gasteiger partial charge in [0.25, 0.3) is 10.0 Å². The van der Waals surface area contributed by atoms with Crippen molar-refractivity contribution < 1.29 is 12.8 Å². The maximum Gasteiger partial charge on any atom is 0.266 e. The summed E-state index contributed by atoms with van der Waals surface area (Å²) in [6.07, 6.45) is 0.641. The Hall–Kier alpha value is -1.10. The van der Waals surface area contributed by atoms with Crippen LogP contribution >= 0.6 is 27.3 Å². The van der Waals surface area contributed by atoms with Crippen LogP contribution in [0.1, 0.15) is 17.5 Å². The summed E-state index contributed by atoms with van der Waals surface area (Å²) in [4.78, 5) is -0.481. The van der Waals surface area contributed by atoms with E-state index in [0.29, 0.717) is 15.9 Å². The van der Waals surface area contributed by atoms with Gasteiger partial charge in [-0.05, 0) is 18.6 Å². The second-order valence-corrected chi connectivity index (χ2v) is 7.67. The lowest BCUT2D eigenvalue weighted by Crippen LogP contribution is -2.16. The lowest BCUT2D eigenvalue weighted by atomic mass is 10.2. The number of nitrogens with one attached hydrogen (secondary N) is 1. The molecule has 1 aromatic heterocycles. The van der Waals surface area contributed by atoms with Crippen LogP contribution in [0.3, 0.4) is 0 Å². The first-order valence-corrected chi connectivity index (χ1v) is 8.99. The zero-order chi connectivity index (χ0) is 15.6. The van der Waals surface area contributed by atoms with Crippen molar-refractivity contribution >= 4 is 42.4 Å². The molecule has 0 radical (unpaired) electrons. The summed E-state index contributed by atoms with van der Waals surface area (Å²) in [6, 6.07) is 2.62. The molecule has 21 heavy (non-hydrogen) atoms. The van der Waals surface area contributed by atoms with Crippen LogP contribution in [0.15, 0.2) is 21.5 Å². The molecule has 114 valence electrons. The number of nitrogens with zero attached hydrogens (tertiary/aromatic N) is 2. The van der Waals surface area contributed by atoms with Gasteiger partial charge in [0.05, 0.1) is 0 Å². The standard InChI is InChI=1S/C11H12BrFN4O2S2/c1-2-9-15-16-11(20-9)17-21(18,19)8-4-7(12)3-6(5-14)10(8)13/h3-4H,2,5,14H2,1H3,(H,16,17). The van der Waals surface area contributed by atoms with Crippen LogP contribution in [0.4, 0.5) is 9.52 Å². The van der Waals surface area contributed by atoms with Crippen molar-refractivity contribution in [2.45, 2.75) is 24.8 Å². The van der Waals surface area contributed by atoms with E-state index in [9.17, 15) is 12.8 Å². The molecule has 0 bridgehead atoms. The lowest BCUT2D eigenvalue weighted by Gasteiger charge is -2.09. The van der Waals surface area contributed by atoms with E-state index in [-0.39, 0.29) is 17.2 Å². The Morgan fingerprint density at radius 3 is 2.71 bits per heavy atom. The zero-order valence-electron chi connectivity index (χ0n) is 10.9. The molecule has 3 N–H and O–H groups in total. The van der Waals surface area contributed by atoms with Gasteiger partial charge >= 0.3 is 0 Å². The normalized spacial score (nSPS) is 11.6. The quantitative estimate of drug-likeness (QED) is 0.810. The summed E-state index contributed by atoms with van der Waals surface area (Å²) in [5.41, 5.74) is 5.52. The third kappa shape index (κ3) is 3.57. The third-order valence-electron chi connectivity index (χ3n) is 2.58. The van der Waals surface area contributed by atoms with Gasteiger partial charge < -0.3 is 5.73 Å². The van der Waals surface area contributed by atoms with Crippen molar-refractivity contribution in [3.63, 3.8) is 0 Å². The molecule has 0 saturated carbocycles. The van der Waals surface area contributed by atoms with Crippen LogP contribution in [0, 0.1) is 5.82 Å². The summed E-state index contributed by atoms with van der Waals surface area (Å²) >= 11 is 4.24. The number of aryl methyl sites for hydroxylation is 1. The van der Waals surface area contributed by atoms with E-state index in [1.165, 1.54) is 12.1 Å². The van der Waals surface area contributed by atoms with Crippen LogP contribution in [0.25, 0.3) is 0 Å². The molecule has 0 atom stereocenters. The summed E-state index contributed by atoms with van der Waals surface area (Å²) in [6.45, 7) is 1.77. The first-order chi connectivity index (χ1) is 9.87. The van der Waals surface area contributed by atoms with Crippen LogP contribution in [0.2, 0.25) is 0 Å². The summed E-state index contributed by atoms with van der Waals surface area (Å²) in [7, 11) is -4.10. The molecule has 0 aliphatic heterocycles. The van der Waals surface area contributed by atoms with E-state index < -0.39 is 20.7 Å². The van der Waals surface area contributed by atoms with Gasteiger partial charge in [0.15, 0.2) is 0 Å². The van der Waals surface area contributed by atoms with Crippen molar-refractivity contribution in [3.8, 4) is 0 Å². The highest BCUT2D eigenvalue weighted by Crippen LogP contribution is 2.26. The van der Waals surface area contributed by atoms with Gasteiger partial charge in [-0.1, -0.05) is 34.2 Å². The molecular formula is C11H12BrFN4O2S2. The Morgan fingerprint density at radius 1 is 1.43 bits per heavy atom. The van der Waals surface area contributed by atoms with Gasteiger partial charge in [0, 0.05) is 16.6 Å². The van der Waals surface area contributed by atoms with Crippen molar-refractivity contribution in [1.29, 1.82) is 0 Å². The van der Waals surface area contributed by atoms with E-state index in [0.717, 1.165) is 11.3 Å². The largest absolute Gasteiger partial charge is 0.326 e.